The van der Waals surface area contributed by atoms with Crippen LogP contribution in [0.3, 0.4) is 0 Å². The van der Waals surface area contributed by atoms with Gasteiger partial charge in [-0.15, -0.1) is 0 Å². The Bertz CT molecular complexity index is 621. The lowest BCUT2D eigenvalue weighted by Crippen LogP contribution is -2.56. The minimum atomic E-state index is -0.213. The summed E-state index contributed by atoms with van der Waals surface area (Å²) in [6.07, 6.45) is 0.588. The van der Waals surface area contributed by atoms with Gasteiger partial charge >= 0.3 is 0 Å². The fourth-order valence-corrected chi connectivity index (χ4v) is 2.70. The minimum Gasteiger partial charge on any atom is -0.392 e. The van der Waals surface area contributed by atoms with Crippen LogP contribution in [-0.4, -0.2) is 22.2 Å². The van der Waals surface area contributed by atoms with E-state index in [2.05, 4.69) is 42.3 Å². The van der Waals surface area contributed by atoms with Gasteiger partial charge in [0.25, 0.3) is 0 Å². The molecule has 1 aliphatic carbocycles. The molecule has 0 aliphatic heterocycles. The molecule has 100 valence electrons. The molecule has 0 saturated heterocycles. The van der Waals surface area contributed by atoms with Crippen molar-refractivity contribution in [3.63, 3.8) is 0 Å². The minimum absolute atomic E-state index is 0.0774. The molecule has 1 saturated carbocycles. The highest BCUT2D eigenvalue weighted by Crippen LogP contribution is 2.42. The first kappa shape index (κ1) is 12.4. The average Bonchev–Trinajstić information content (AvgIpc) is 2.39. The van der Waals surface area contributed by atoms with E-state index >= 15 is 0 Å². The van der Waals surface area contributed by atoms with Gasteiger partial charge in [0, 0.05) is 22.5 Å². The number of anilines is 1. The topological polar surface area (TPSA) is 45.1 Å². The third kappa shape index (κ3) is 1.98. The molecule has 1 aliphatic rings. The lowest BCUT2D eigenvalue weighted by atomic mass is 9.64. The summed E-state index contributed by atoms with van der Waals surface area (Å²) in [6.45, 7) is 6.21. The number of benzene rings is 1. The van der Waals surface area contributed by atoms with Crippen molar-refractivity contribution in [1.82, 2.24) is 4.98 Å². The SMILES string of the molecule is Cc1ccc2cccc(NC3CC(O)C3(C)C)c2n1. The highest BCUT2D eigenvalue weighted by atomic mass is 16.3. The number of hydrogen-bond acceptors (Lipinski definition) is 3. The van der Waals surface area contributed by atoms with Gasteiger partial charge in [0.15, 0.2) is 0 Å². The quantitative estimate of drug-likeness (QED) is 0.867. The van der Waals surface area contributed by atoms with E-state index in [0.29, 0.717) is 6.04 Å². The summed E-state index contributed by atoms with van der Waals surface area (Å²) in [5.41, 5.74) is 3.02. The van der Waals surface area contributed by atoms with Crippen molar-refractivity contribution in [2.24, 2.45) is 5.41 Å². The molecular formula is C16H20N2O. The number of hydrogen-bond donors (Lipinski definition) is 2. The first-order valence-corrected chi connectivity index (χ1v) is 6.79. The second-order valence-corrected chi connectivity index (χ2v) is 6.10. The number of para-hydroxylation sites is 1. The van der Waals surface area contributed by atoms with Gasteiger partial charge in [0.1, 0.15) is 0 Å². The molecule has 2 aromatic rings. The van der Waals surface area contributed by atoms with E-state index in [4.69, 9.17) is 0 Å². The van der Waals surface area contributed by atoms with Gasteiger partial charge in [-0.3, -0.25) is 4.98 Å². The van der Waals surface area contributed by atoms with Crippen molar-refractivity contribution in [2.75, 3.05) is 5.32 Å². The zero-order valence-electron chi connectivity index (χ0n) is 11.6. The number of pyridine rings is 1. The largest absolute Gasteiger partial charge is 0.392 e. The first-order valence-electron chi connectivity index (χ1n) is 6.79. The summed E-state index contributed by atoms with van der Waals surface area (Å²) in [5.74, 6) is 0. The van der Waals surface area contributed by atoms with Gasteiger partial charge in [-0.1, -0.05) is 32.0 Å². The number of nitrogens with one attached hydrogen (secondary N) is 1. The van der Waals surface area contributed by atoms with Gasteiger partial charge in [0.2, 0.25) is 0 Å². The highest BCUT2D eigenvalue weighted by Gasteiger charge is 2.47. The van der Waals surface area contributed by atoms with Gasteiger partial charge in [-0.25, -0.2) is 0 Å². The van der Waals surface area contributed by atoms with Gasteiger partial charge < -0.3 is 10.4 Å². The Hall–Kier alpha value is -1.61. The maximum absolute atomic E-state index is 9.83. The molecule has 1 aromatic carbocycles. The Morgan fingerprint density at radius 1 is 1.26 bits per heavy atom. The lowest BCUT2D eigenvalue weighted by Gasteiger charge is -2.49. The van der Waals surface area contributed by atoms with Crippen LogP contribution >= 0.6 is 0 Å². The molecule has 0 spiro atoms. The molecular weight excluding hydrogens is 236 g/mol. The van der Waals surface area contributed by atoms with Gasteiger partial charge in [-0.05, 0) is 25.5 Å². The molecule has 1 heterocycles. The van der Waals surface area contributed by atoms with Crippen molar-refractivity contribution in [1.29, 1.82) is 0 Å². The van der Waals surface area contributed by atoms with Crippen LogP contribution in [0.1, 0.15) is 26.0 Å². The number of aliphatic hydroxyl groups is 1. The lowest BCUT2D eigenvalue weighted by molar-refractivity contribution is -0.0510. The van der Waals surface area contributed by atoms with Crippen LogP contribution in [0.15, 0.2) is 30.3 Å². The van der Waals surface area contributed by atoms with Crippen molar-refractivity contribution >= 4 is 16.6 Å². The molecule has 1 aromatic heterocycles. The number of rotatable bonds is 2. The summed E-state index contributed by atoms with van der Waals surface area (Å²) in [5, 5.41) is 14.5. The monoisotopic (exact) mass is 256 g/mol. The Labute approximate surface area is 113 Å². The van der Waals surface area contributed by atoms with E-state index < -0.39 is 0 Å². The van der Waals surface area contributed by atoms with E-state index in [0.717, 1.165) is 28.7 Å². The number of fused-ring (bicyclic) bond motifs is 1. The molecule has 1 fully saturated rings. The standard InChI is InChI=1S/C16H20N2O/c1-10-7-8-11-5-4-6-12(15(11)17-10)18-13-9-14(19)16(13,2)3/h4-8,13-14,18-19H,9H2,1-3H3. The van der Waals surface area contributed by atoms with Crippen LogP contribution in [-0.2, 0) is 0 Å². The summed E-state index contributed by atoms with van der Waals surface area (Å²) >= 11 is 0. The number of aliphatic hydroxyl groups excluding tert-OH is 1. The maximum atomic E-state index is 9.83. The summed E-state index contributed by atoms with van der Waals surface area (Å²) in [6, 6.07) is 10.6. The van der Waals surface area contributed by atoms with E-state index in [1.165, 1.54) is 0 Å². The Morgan fingerprint density at radius 3 is 2.74 bits per heavy atom. The Kier molecular flexibility index (Phi) is 2.75. The second-order valence-electron chi connectivity index (χ2n) is 6.10. The van der Waals surface area contributed by atoms with E-state index in [1.54, 1.807) is 0 Å². The molecule has 3 nitrogen and oxygen atoms in total. The van der Waals surface area contributed by atoms with E-state index in [9.17, 15) is 5.11 Å². The Balaban J connectivity index is 1.95. The summed E-state index contributed by atoms with van der Waals surface area (Å²) in [7, 11) is 0. The number of aryl methyl sites for hydroxylation is 1. The zero-order valence-corrected chi connectivity index (χ0v) is 11.6. The average molecular weight is 256 g/mol. The van der Waals surface area contributed by atoms with Crippen LogP contribution in [0.2, 0.25) is 0 Å². The number of aromatic nitrogens is 1. The maximum Gasteiger partial charge on any atom is 0.0936 e. The predicted octanol–water partition coefficient (Wildman–Crippen LogP) is 3.11. The highest BCUT2D eigenvalue weighted by molar-refractivity contribution is 5.90. The molecule has 2 N–H and O–H groups in total. The van der Waals surface area contributed by atoms with Crippen LogP contribution in [0, 0.1) is 12.3 Å². The van der Waals surface area contributed by atoms with Crippen molar-refractivity contribution < 1.29 is 5.11 Å². The third-order valence-corrected chi connectivity index (χ3v) is 4.41. The molecule has 0 amide bonds. The third-order valence-electron chi connectivity index (χ3n) is 4.41. The second kappa shape index (κ2) is 4.20. The normalized spacial score (nSPS) is 25.1. The van der Waals surface area contributed by atoms with Gasteiger partial charge in [-0.2, -0.15) is 0 Å². The molecule has 2 unspecified atom stereocenters. The fourth-order valence-electron chi connectivity index (χ4n) is 2.70. The molecule has 0 radical (unpaired) electrons. The molecule has 2 atom stereocenters. The molecule has 3 rings (SSSR count). The predicted molar refractivity (Wildman–Crippen MR) is 78.3 cm³/mol. The van der Waals surface area contributed by atoms with Crippen molar-refractivity contribution in [3.05, 3.63) is 36.0 Å². The molecule has 3 heteroatoms. The molecule has 19 heavy (non-hydrogen) atoms. The first-order chi connectivity index (χ1) is 8.98. The number of nitrogens with zero attached hydrogens (tertiary/aromatic N) is 1. The van der Waals surface area contributed by atoms with Crippen molar-refractivity contribution in [2.45, 2.75) is 39.3 Å². The molecule has 0 bridgehead atoms. The van der Waals surface area contributed by atoms with Crippen LogP contribution in [0.25, 0.3) is 10.9 Å². The zero-order chi connectivity index (χ0) is 13.6. The fraction of sp³-hybridized carbons (Fsp3) is 0.438. The van der Waals surface area contributed by atoms with E-state index in [-0.39, 0.29) is 11.5 Å². The summed E-state index contributed by atoms with van der Waals surface area (Å²) < 4.78 is 0. The van der Waals surface area contributed by atoms with Crippen LogP contribution in [0.4, 0.5) is 5.69 Å². The van der Waals surface area contributed by atoms with E-state index in [1.807, 2.05) is 19.1 Å². The van der Waals surface area contributed by atoms with Crippen molar-refractivity contribution in [3.8, 4) is 0 Å². The Morgan fingerprint density at radius 2 is 2.05 bits per heavy atom. The van der Waals surface area contributed by atoms with Crippen LogP contribution < -0.4 is 5.32 Å². The van der Waals surface area contributed by atoms with Crippen LogP contribution in [0.5, 0.6) is 0 Å². The smallest absolute Gasteiger partial charge is 0.0936 e. The summed E-state index contributed by atoms with van der Waals surface area (Å²) in [4.78, 5) is 4.63. The van der Waals surface area contributed by atoms with Gasteiger partial charge in [0.05, 0.1) is 17.3 Å².